The van der Waals surface area contributed by atoms with Crippen molar-refractivity contribution in [3.05, 3.63) is 35.5 Å². The summed E-state index contributed by atoms with van der Waals surface area (Å²) >= 11 is 0. The molecule has 0 amide bonds. The van der Waals surface area contributed by atoms with Crippen LogP contribution in [0.1, 0.15) is 30.5 Å². The summed E-state index contributed by atoms with van der Waals surface area (Å²) in [5.74, 6) is 0. The lowest BCUT2D eigenvalue weighted by molar-refractivity contribution is 0.134. The van der Waals surface area contributed by atoms with Crippen LogP contribution in [0.5, 0.6) is 0 Å². The molecule has 0 spiro atoms. The van der Waals surface area contributed by atoms with Crippen LogP contribution in [0.4, 0.5) is 0 Å². The fourth-order valence-electron chi connectivity index (χ4n) is 3.41. The SMILES string of the molecule is CNCC1(Cc2c(C)[nH]c3ccccc23)CCC1. The average Bonchev–Trinajstić information content (AvgIpc) is 2.63. The summed E-state index contributed by atoms with van der Waals surface area (Å²) in [5.41, 5.74) is 4.66. The van der Waals surface area contributed by atoms with Crippen molar-refractivity contribution in [2.75, 3.05) is 13.6 Å². The van der Waals surface area contributed by atoms with Crippen molar-refractivity contribution < 1.29 is 0 Å². The lowest BCUT2D eigenvalue weighted by Gasteiger charge is -2.42. The molecule has 3 rings (SSSR count). The number of para-hydroxylation sites is 1. The maximum absolute atomic E-state index is 3.52. The molecule has 1 aromatic carbocycles. The largest absolute Gasteiger partial charge is 0.358 e. The summed E-state index contributed by atoms with van der Waals surface area (Å²) in [6.07, 6.45) is 5.34. The van der Waals surface area contributed by atoms with Gasteiger partial charge in [-0.25, -0.2) is 0 Å². The monoisotopic (exact) mass is 242 g/mol. The van der Waals surface area contributed by atoms with Crippen LogP contribution in [0.3, 0.4) is 0 Å². The van der Waals surface area contributed by atoms with Crippen LogP contribution in [-0.2, 0) is 6.42 Å². The number of hydrogen-bond donors (Lipinski definition) is 2. The molecule has 0 aliphatic heterocycles. The first-order valence-electron chi connectivity index (χ1n) is 6.95. The van der Waals surface area contributed by atoms with Crippen LogP contribution < -0.4 is 5.32 Å². The van der Waals surface area contributed by atoms with Crippen molar-refractivity contribution in [2.24, 2.45) is 5.41 Å². The molecule has 1 saturated carbocycles. The topological polar surface area (TPSA) is 27.8 Å². The van der Waals surface area contributed by atoms with E-state index in [1.807, 2.05) is 0 Å². The quantitative estimate of drug-likeness (QED) is 0.845. The normalized spacial score (nSPS) is 17.9. The van der Waals surface area contributed by atoms with Crippen molar-refractivity contribution in [3.63, 3.8) is 0 Å². The molecule has 18 heavy (non-hydrogen) atoms. The lowest BCUT2D eigenvalue weighted by Crippen LogP contribution is -2.40. The van der Waals surface area contributed by atoms with Gasteiger partial charge in [-0.05, 0) is 50.3 Å². The third-order valence-corrected chi connectivity index (χ3v) is 4.54. The zero-order valence-electron chi connectivity index (χ0n) is 11.3. The van der Waals surface area contributed by atoms with Crippen LogP contribution in [0.2, 0.25) is 0 Å². The number of nitrogens with one attached hydrogen (secondary N) is 2. The first-order chi connectivity index (χ1) is 8.74. The van der Waals surface area contributed by atoms with E-state index in [2.05, 4.69) is 48.5 Å². The third-order valence-electron chi connectivity index (χ3n) is 4.54. The predicted molar refractivity (Wildman–Crippen MR) is 77.0 cm³/mol. The van der Waals surface area contributed by atoms with E-state index in [9.17, 15) is 0 Å². The highest BCUT2D eigenvalue weighted by Gasteiger charge is 2.37. The number of rotatable bonds is 4. The smallest absolute Gasteiger partial charge is 0.0458 e. The molecule has 2 heteroatoms. The van der Waals surface area contributed by atoms with Gasteiger partial charge >= 0.3 is 0 Å². The first-order valence-corrected chi connectivity index (χ1v) is 6.95. The van der Waals surface area contributed by atoms with Gasteiger partial charge in [0.05, 0.1) is 0 Å². The molecular weight excluding hydrogens is 220 g/mol. The molecule has 2 nitrogen and oxygen atoms in total. The molecule has 0 bridgehead atoms. The molecule has 2 aromatic rings. The predicted octanol–water partition coefficient (Wildman–Crippen LogP) is 3.41. The maximum Gasteiger partial charge on any atom is 0.0458 e. The van der Waals surface area contributed by atoms with E-state index in [4.69, 9.17) is 0 Å². The van der Waals surface area contributed by atoms with E-state index < -0.39 is 0 Å². The van der Waals surface area contributed by atoms with Crippen molar-refractivity contribution in [3.8, 4) is 0 Å². The van der Waals surface area contributed by atoms with Gasteiger partial charge in [-0.15, -0.1) is 0 Å². The summed E-state index contributed by atoms with van der Waals surface area (Å²) in [4.78, 5) is 3.52. The summed E-state index contributed by atoms with van der Waals surface area (Å²) < 4.78 is 0. The van der Waals surface area contributed by atoms with Crippen molar-refractivity contribution in [2.45, 2.75) is 32.6 Å². The zero-order valence-corrected chi connectivity index (χ0v) is 11.3. The second kappa shape index (κ2) is 4.43. The Bertz CT molecular complexity index is 549. The van der Waals surface area contributed by atoms with Gasteiger partial charge in [0.15, 0.2) is 0 Å². The lowest BCUT2D eigenvalue weighted by atomic mass is 9.65. The number of H-pyrrole nitrogens is 1. The van der Waals surface area contributed by atoms with Gasteiger partial charge in [0, 0.05) is 23.1 Å². The molecule has 1 aliphatic carbocycles. The standard InChI is InChI=1S/C16H22N2/c1-12-14(10-16(11-17-2)8-5-9-16)13-6-3-4-7-15(13)18-12/h3-4,6-7,17-18H,5,8-11H2,1-2H3. The van der Waals surface area contributed by atoms with Gasteiger partial charge in [0.25, 0.3) is 0 Å². The molecule has 1 aliphatic rings. The minimum Gasteiger partial charge on any atom is -0.358 e. The fourth-order valence-corrected chi connectivity index (χ4v) is 3.41. The summed E-state index contributed by atoms with van der Waals surface area (Å²) in [6.45, 7) is 3.35. The molecule has 1 aromatic heterocycles. The molecule has 1 heterocycles. The zero-order chi connectivity index (χ0) is 12.6. The van der Waals surface area contributed by atoms with Gasteiger partial charge in [-0.3, -0.25) is 0 Å². The Balaban J connectivity index is 1.96. The van der Waals surface area contributed by atoms with E-state index in [0.717, 1.165) is 6.54 Å². The van der Waals surface area contributed by atoms with E-state index in [1.54, 1.807) is 0 Å². The number of aromatic nitrogens is 1. The number of aromatic amines is 1. The Hall–Kier alpha value is -1.28. The van der Waals surface area contributed by atoms with E-state index in [-0.39, 0.29) is 0 Å². The van der Waals surface area contributed by atoms with Gasteiger partial charge in [0.2, 0.25) is 0 Å². The molecule has 96 valence electrons. The summed E-state index contributed by atoms with van der Waals surface area (Å²) in [6, 6.07) is 8.68. The summed E-state index contributed by atoms with van der Waals surface area (Å²) in [5, 5.41) is 4.79. The highest BCUT2D eigenvalue weighted by Crippen LogP contribution is 2.44. The van der Waals surface area contributed by atoms with Crippen molar-refractivity contribution >= 4 is 10.9 Å². The van der Waals surface area contributed by atoms with Crippen LogP contribution in [0, 0.1) is 12.3 Å². The van der Waals surface area contributed by atoms with Gasteiger partial charge < -0.3 is 10.3 Å². The molecular formula is C16H22N2. The second-order valence-corrected chi connectivity index (χ2v) is 5.83. The van der Waals surface area contributed by atoms with Crippen LogP contribution in [-0.4, -0.2) is 18.6 Å². The van der Waals surface area contributed by atoms with Gasteiger partial charge in [-0.1, -0.05) is 24.6 Å². The maximum atomic E-state index is 3.52. The average molecular weight is 242 g/mol. The first kappa shape index (κ1) is 11.8. The van der Waals surface area contributed by atoms with Gasteiger partial charge in [-0.2, -0.15) is 0 Å². The van der Waals surface area contributed by atoms with Crippen molar-refractivity contribution in [1.29, 1.82) is 0 Å². The van der Waals surface area contributed by atoms with E-state index >= 15 is 0 Å². The Morgan fingerprint density at radius 3 is 2.72 bits per heavy atom. The highest BCUT2D eigenvalue weighted by molar-refractivity contribution is 5.84. The van der Waals surface area contributed by atoms with Crippen LogP contribution in [0.15, 0.2) is 24.3 Å². The molecule has 2 N–H and O–H groups in total. The Labute approximate surface area is 109 Å². The Morgan fingerprint density at radius 2 is 2.06 bits per heavy atom. The van der Waals surface area contributed by atoms with Crippen LogP contribution >= 0.6 is 0 Å². The number of benzene rings is 1. The third kappa shape index (κ3) is 1.85. The number of aryl methyl sites for hydroxylation is 1. The fraction of sp³-hybridized carbons (Fsp3) is 0.500. The minimum absolute atomic E-state index is 0.504. The summed E-state index contributed by atoms with van der Waals surface area (Å²) in [7, 11) is 2.07. The van der Waals surface area contributed by atoms with Gasteiger partial charge in [0.1, 0.15) is 0 Å². The Morgan fingerprint density at radius 1 is 1.28 bits per heavy atom. The van der Waals surface area contributed by atoms with Crippen LogP contribution in [0.25, 0.3) is 10.9 Å². The minimum atomic E-state index is 0.504. The Kier molecular flexibility index (Phi) is 2.90. The van der Waals surface area contributed by atoms with E-state index in [1.165, 1.54) is 47.8 Å². The number of fused-ring (bicyclic) bond motifs is 1. The molecule has 0 saturated heterocycles. The highest BCUT2D eigenvalue weighted by atomic mass is 14.8. The van der Waals surface area contributed by atoms with Crippen molar-refractivity contribution in [1.82, 2.24) is 10.3 Å². The molecule has 0 radical (unpaired) electrons. The molecule has 1 fully saturated rings. The second-order valence-electron chi connectivity index (χ2n) is 5.83. The molecule has 0 unspecified atom stereocenters. The van der Waals surface area contributed by atoms with E-state index in [0.29, 0.717) is 5.41 Å². The number of hydrogen-bond acceptors (Lipinski definition) is 1. The molecule has 0 atom stereocenters.